The van der Waals surface area contributed by atoms with Crippen LogP contribution in [0.25, 0.3) is 0 Å². The van der Waals surface area contributed by atoms with Crippen molar-refractivity contribution in [3.8, 4) is 0 Å². The molecule has 6 N–H and O–H groups in total. The maximum atomic E-state index is 10.5. The summed E-state index contributed by atoms with van der Waals surface area (Å²) in [5, 5.41) is 17.8. The molecule has 0 aromatic rings. The highest BCUT2D eigenvalue weighted by atomic mass is 32.3. The van der Waals surface area contributed by atoms with Gasteiger partial charge in [-0.25, -0.2) is 4.79 Å². The fraction of sp³-hybridized carbons (Fsp3) is 0.667. The summed E-state index contributed by atoms with van der Waals surface area (Å²) in [4.78, 5) is 10.5. The molecule has 0 aliphatic heterocycles. The highest BCUT2D eigenvalue weighted by molar-refractivity contribution is 7.79. The van der Waals surface area contributed by atoms with Gasteiger partial charge in [-0.1, -0.05) is 6.58 Å². The zero-order chi connectivity index (χ0) is 15.7. The van der Waals surface area contributed by atoms with E-state index in [2.05, 4.69) is 22.5 Å². The molecule has 10 heteroatoms. The predicted octanol–water partition coefficient (Wildman–Crippen LogP) is -0.933. The minimum Gasteiger partial charge on any atom is -0.478 e. The highest BCUT2D eigenvalue weighted by Gasteiger charge is 2.23. The molecule has 0 aliphatic rings. The second-order valence-electron chi connectivity index (χ2n) is 3.51. The van der Waals surface area contributed by atoms with Gasteiger partial charge in [0, 0.05) is 5.57 Å². The number of aliphatic carboxylic acids is 1. The van der Waals surface area contributed by atoms with Crippen molar-refractivity contribution in [2.24, 2.45) is 0 Å². The molecule has 9 nitrogen and oxygen atoms in total. The smallest absolute Gasteiger partial charge is 0.394 e. The van der Waals surface area contributed by atoms with E-state index in [1.54, 1.807) is 21.1 Å². The largest absolute Gasteiger partial charge is 0.478 e. The van der Waals surface area contributed by atoms with E-state index in [0.717, 1.165) is 0 Å². The van der Waals surface area contributed by atoms with Crippen LogP contribution in [0.3, 0.4) is 0 Å². The molecule has 0 rings (SSSR count). The topological polar surface area (TPSA) is 148 Å². The summed E-state index contributed by atoms with van der Waals surface area (Å²) in [5.41, 5.74) is 0.218. The van der Waals surface area contributed by atoms with E-state index in [0.29, 0.717) is 12.8 Å². The maximum absolute atomic E-state index is 10.5. The number of rotatable bonds is 7. The Morgan fingerprint density at radius 3 is 1.68 bits per heavy atom. The zero-order valence-corrected chi connectivity index (χ0v) is 11.9. The molecule has 0 saturated carbocycles. The van der Waals surface area contributed by atoms with Crippen LogP contribution in [-0.4, -0.2) is 55.5 Å². The van der Waals surface area contributed by atoms with Crippen LogP contribution in [0, 0.1) is 0 Å². The van der Waals surface area contributed by atoms with Crippen molar-refractivity contribution in [1.29, 1.82) is 0 Å². The second kappa shape index (κ2) is 8.96. The van der Waals surface area contributed by atoms with Gasteiger partial charge in [0.25, 0.3) is 0 Å². The first kappa shape index (κ1) is 20.3. The van der Waals surface area contributed by atoms with E-state index in [-0.39, 0.29) is 5.57 Å². The standard InChI is InChI=1S/C9H19N3O2.H2O4S/c1-7(8(13)14)5-6-9(10-2,11-3)12-4;1-5(2,3)4/h10-12H,1,5-6H2,2-4H3,(H,13,14);(H2,1,2,3,4). The number of hydrogen-bond donors (Lipinski definition) is 6. The van der Waals surface area contributed by atoms with Crippen molar-refractivity contribution in [3.05, 3.63) is 12.2 Å². The van der Waals surface area contributed by atoms with E-state index in [1.807, 2.05) is 0 Å². The van der Waals surface area contributed by atoms with Crippen LogP contribution in [0.1, 0.15) is 12.8 Å². The molecule has 114 valence electrons. The average molecular weight is 299 g/mol. The summed E-state index contributed by atoms with van der Waals surface area (Å²) in [6.45, 7) is 3.48. The van der Waals surface area contributed by atoms with Crippen LogP contribution in [0.5, 0.6) is 0 Å². The summed E-state index contributed by atoms with van der Waals surface area (Å²) >= 11 is 0. The van der Waals surface area contributed by atoms with Gasteiger partial charge in [-0.05, 0) is 34.0 Å². The fourth-order valence-corrected chi connectivity index (χ4v) is 1.20. The first-order valence-electron chi connectivity index (χ1n) is 5.19. The summed E-state index contributed by atoms with van der Waals surface area (Å²) in [6.07, 6.45) is 1.04. The van der Waals surface area contributed by atoms with Gasteiger partial charge in [-0.15, -0.1) is 0 Å². The number of hydrogen-bond acceptors (Lipinski definition) is 6. The van der Waals surface area contributed by atoms with Crippen LogP contribution in [0.15, 0.2) is 12.2 Å². The number of carboxylic acids is 1. The van der Waals surface area contributed by atoms with Gasteiger partial charge in [0.05, 0.1) is 0 Å². The summed E-state index contributed by atoms with van der Waals surface area (Å²) in [5.74, 6) is -1.37. The molecule has 0 spiro atoms. The third-order valence-electron chi connectivity index (χ3n) is 2.38. The monoisotopic (exact) mass is 299 g/mol. The lowest BCUT2D eigenvalue weighted by Crippen LogP contribution is -2.63. The van der Waals surface area contributed by atoms with Crippen molar-refractivity contribution >= 4 is 16.4 Å². The number of carboxylic acid groups (broad SMARTS) is 1. The molecule has 0 fully saturated rings. The Hall–Kier alpha value is -1.04. The molecule has 0 aromatic carbocycles. The SMILES string of the molecule is C=C(CCC(NC)(NC)NC)C(=O)O.O=S(=O)(O)O. The first-order chi connectivity index (χ1) is 8.51. The molecule has 0 aliphatic carbocycles. The van der Waals surface area contributed by atoms with Gasteiger partial charge < -0.3 is 5.11 Å². The second-order valence-corrected chi connectivity index (χ2v) is 4.41. The molecular formula is C9H21N3O6S. The van der Waals surface area contributed by atoms with E-state index < -0.39 is 22.2 Å². The Morgan fingerprint density at radius 2 is 1.47 bits per heavy atom. The maximum Gasteiger partial charge on any atom is 0.394 e. The fourth-order valence-electron chi connectivity index (χ4n) is 1.20. The Bertz CT molecular complexity index is 374. The summed E-state index contributed by atoms with van der Waals surface area (Å²) in [6, 6.07) is 0. The van der Waals surface area contributed by atoms with Gasteiger partial charge in [0.2, 0.25) is 0 Å². The van der Waals surface area contributed by atoms with Crippen LogP contribution in [0.2, 0.25) is 0 Å². The van der Waals surface area contributed by atoms with E-state index >= 15 is 0 Å². The lowest BCUT2D eigenvalue weighted by atomic mass is 10.1. The number of nitrogens with one attached hydrogen (secondary N) is 3. The minimum absolute atomic E-state index is 0.218. The average Bonchev–Trinajstić information content (AvgIpc) is 2.29. The van der Waals surface area contributed by atoms with Crippen molar-refractivity contribution in [3.63, 3.8) is 0 Å². The third kappa shape index (κ3) is 11.8. The first-order valence-corrected chi connectivity index (χ1v) is 6.58. The van der Waals surface area contributed by atoms with Crippen LogP contribution in [-0.2, 0) is 15.2 Å². The van der Waals surface area contributed by atoms with Gasteiger partial charge in [0.1, 0.15) is 5.79 Å². The van der Waals surface area contributed by atoms with Crippen LogP contribution >= 0.6 is 0 Å². The lowest BCUT2D eigenvalue weighted by molar-refractivity contribution is -0.132. The molecule has 0 heterocycles. The molecule has 0 radical (unpaired) electrons. The number of carbonyl (C=O) groups is 1. The van der Waals surface area contributed by atoms with Crippen molar-refractivity contribution < 1.29 is 27.4 Å². The van der Waals surface area contributed by atoms with Gasteiger partial charge in [-0.3, -0.25) is 25.1 Å². The Kier molecular flexibility index (Phi) is 9.56. The summed E-state index contributed by atoms with van der Waals surface area (Å²) in [7, 11) is 0.740. The Balaban J connectivity index is 0. The molecule has 0 aromatic heterocycles. The van der Waals surface area contributed by atoms with E-state index in [4.69, 9.17) is 22.6 Å². The quantitative estimate of drug-likeness (QED) is 0.199. The van der Waals surface area contributed by atoms with Crippen molar-refractivity contribution in [2.45, 2.75) is 18.6 Å². The third-order valence-corrected chi connectivity index (χ3v) is 2.38. The zero-order valence-electron chi connectivity index (χ0n) is 11.1. The molecule has 0 amide bonds. The van der Waals surface area contributed by atoms with E-state index in [1.165, 1.54) is 0 Å². The Morgan fingerprint density at radius 1 is 1.16 bits per heavy atom. The summed E-state index contributed by atoms with van der Waals surface area (Å²) < 4.78 is 31.6. The van der Waals surface area contributed by atoms with Crippen LogP contribution in [0.4, 0.5) is 0 Å². The van der Waals surface area contributed by atoms with E-state index in [9.17, 15) is 4.79 Å². The van der Waals surface area contributed by atoms with Gasteiger partial charge >= 0.3 is 16.4 Å². The molecule has 0 bridgehead atoms. The van der Waals surface area contributed by atoms with Crippen LogP contribution < -0.4 is 16.0 Å². The van der Waals surface area contributed by atoms with Crippen molar-refractivity contribution in [2.75, 3.05) is 21.1 Å². The van der Waals surface area contributed by atoms with Gasteiger partial charge in [0.15, 0.2) is 0 Å². The highest BCUT2D eigenvalue weighted by Crippen LogP contribution is 2.10. The lowest BCUT2D eigenvalue weighted by Gasteiger charge is -2.32. The molecule has 0 saturated heterocycles. The molecule has 0 atom stereocenters. The predicted molar refractivity (Wildman–Crippen MR) is 70.1 cm³/mol. The minimum atomic E-state index is -4.67. The molecule has 0 unspecified atom stereocenters. The molecule has 19 heavy (non-hydrogen) atoms. The molecular weight excluding hydrogens is 278 g/mol. The Labute approximate surface area is 112 Å². The van der Waals surface area contributed by atoms with Gasteiger partial charge in [-0.2, -0.15) is 8.42 Å². The van der Waals surface area contributed by atoms with Crippen molar-refractivity contribution in [1.82, 2.24) is 16.0 Å². The normalized spacial score (nSPS) is 11.4.